The van der Waals surface area contributed by atoms with E-state index in [0.29, 0.717) is 0 Å². The standard InChI is InChI=1S/C11H21N/c1-10(2)6-4-3-5-9-12-11-7-8-11/h3-4,10-12H,5-9H2,1-2H3. The van der Waals surface area contributed by atoms with Crippen LogP contribution in [-0.2, 0) is 0 Å². The molecule has 1 aliphatic rings. The minimum atomic E-state index is 0.803. The Balaban J connectivity index is 1.83. The molecule has 0 spiro atoms. The highest BCUT2D eigenvalue weighted by atomic mass is 14.9. The molecular formula is C11H21N. The van der Waals surface area contributed by atoms with E-state index in [1.807, 2.05) is 0 Å². The summed E-state index contributed by atoms with van der Waals surface area (Å²) in [5.74, 6) is 0.803. The van der Waals surface area contributed by atoms with Gasteiger partial charge in [-0.05, 0) is 38.1 Å². The second-order valence-corrected chi connectivity index (χ2v) is 4.12. The number of nitrogens with one attached hydrogen (secondary N) is 1. The van der Waals surface area contributed by atoms with Crippen molar-refractivity contribution in [3.8, 4) is 0 Å². The van der Waals surface area contributed by atoms with Gasteiger partial charge in [0.25, 0.3) is 0 Å². The second kappa shape index (κ2) is 5.36. The maximum Gasteiger partial charge on any atom is 0.00683 e. The van der Waals surface area contributed by atoms with Crippen molar-refractivity contribution in [2.75, 3.05) is 6.54 Å². The molecule has 0 aromatic heterocycles. The van der Waals surface area contributed by atoms with Crippen LogP contribution in [0.1, 0.15) is 39.5 Å². The van der Waals surface area contributed by atoms with Gasteiger partial charge in [0, 0.05) is 6.04 Å². The van der Waals surface area contributed by atoms with Crippen LogP contribution in [-0.4, -0.2) is 12.6 Å². The fraction of sp³-hybridized carbons (Fsp3) is 0.818. The number of allylic oxidation sites excluding steroid dienone is 1. The molecule has 1 aliphatic carbocycles. The maximum absolute atomic E-state index is 3.49. The molecular weight excluding hydrogens is 146 g/mol. The van der Waals surface area contributed by atoms with Crippen molar-refractivity contribution in [1.29, 1.82) is 0 Å². The van der Waals surface area contributed by atoms with Crippen molar-refractivity contribution in [3.05, 3.63) is 12.2 Å². The van der Waals surface area contributed by atoms with E-state index >= 15 is 0 Å². The average Bonchev–Trinajstić information content (AvgIpc) is 2.79. The molecule has 1 nitrogen and oxygen atoms in total. The van der Waals surface area contributed by atoms with Gasteiger partial charge in [-0.25, -0.2) is 0 Å². The van der Waals surface area contributed by atoms with Gasteiger partial charge in [0.2, 0.25) is 0 Å². The summed E-state index contributed by atoms with van der Waals surface area (Å²) < 4.78 is 0. The van der Waals surface area contributed by atoms with Crippen LogP contribution in [0, 0.1) is 5.92 Å². The first-order valence-electron chi connectivity index (χ1n) is 5.17. The number of rotatable bonds is 6. The Morgan fingerprint density at radius 3 is 2.67 bits per heavy atom. The van der Waals surface area contributed by atoms with E-state index in [1.54, 1.807) is 0 Å². The summed E-state index contributed by atoms with van der Waals surface area (Å²) in [7, 11) is 0. The summed E-state index contributed by atoms with van der Waals surface area (Å²) >= 11 is 0. The van der Waals surface area contributed by atoms with Gasteiger partial charge >= 0.3 is 0 Å². The van der Waals surface area contributed by atoms with Gasteiger partial charge in [0.05, 0.1) is 0 Å². The molecule has 0 heterocycles. The molecule has 0 atom stereocenters. The Morgan fingerprint density at radius 1 is 1.33 bits per heavy atom. The Labute approximate surface area is 76.2 Å². The first-order valence-corrected chi connectivity index (χ1v) is 5.17. The van der Waals surface area contributed by atoms with E-state index in [0.717, 1.165) is 12.0 Å². The molecule has 1 fully saturated rings. The number of hydrogen-bond acceptors (Lipinski definition) is 1. The van der Waals surface area contributed by atoms with Gasteiger partial charge in [0.1, 0.15) is 0 Å². The molecule has 0 unspecified atom stereocenters. The molecule has 12 heavy (non-hydrogen) atoms. The summed E-state index contributed by atoms with van der Waals surface area (Å²) in [6, 6.07) is 0.864. The van der Waals surface area contributed by atoms with E-state index in [-0.39, 0.29) is 0 Å². The first kappa shape index (κ1) is 9.79. The second-order valence-electron chi connectivity index (χ2n) is 4.12. The van der Waals surface area contributed by atoms with Crippen LogP contribution in [0.3, 0.4) is 0 Å². The number of hydrogen-bond donors (Lipinski definition) is 1. The summed E-state index contributed by atoms with van der Waals surface area (Å²) in [6.07, 6.45) is 9.83. The lowest BCUT2D eigenvalue weighted by Crippen LogP contribution is -2.16. The topological polar surface area (TPSA) is 12.0 Å². The molecule has 0 aromatic carbocycles. The minimum Gasteiger partial charge on any atom is -0.314 e. The zero-order valence-corrected chi connectivity index (χ0v) is 8.34. The van der Waals surface area contributed by atoms with Gasteiger partial charge in [-0.2, -0.15) is 0 Å². The quantitative estimate of drug-likeness (QED) is 0.474. The Morgan fingerprint density at radius 2 is 2.08 bits per heavy atom. The van der Waals surface area contributed by atoms with E-state index in [9.17, 15) is 0 Å². The third kappa shape index (κ3) is 5.36. The maximum atomic E-state index is 3.49. The van der Waals surface area contributed by atoms with Crippen molar-refractivity contribution in [1.82, 2.24) is 5.32 Å². The molecule has 0 amide bonds. The highest BCUT2D eigenvalue weighted by Crippen LogP contribution is 2.18. The van der Waals surface area contributed by atoms with Crippen LogP contribution in [0.5, 0.6) is 0 Å². The summed E-state index contributed by atoms with van der Waals surface area (Å²) in [5, 5.41) is 3.49. The molecule has 70 valence electrons. The predicted octanol–water partition coefficient (Wildman–Crippen LogP) is 2.73. The van der Waals surface area contributed by atoms with E-state index in [2.05, 4.69) is 31.3 Å². The highest BCUT2D eigenvalue weighted by molar-refractivity contribution is 4.86. The lowest BCUT2D eigenvalue weighted by atomic mass is 10.1. The monoisotopic (exact) mass is 167 g/mol. The van der Waals surface area contributed by atoms with Gasteiger partial charge in [-0.1, -0.05) is 26.0 Å². The minimum absolute atomic E-state index is 0.803. The molecule has 1 heteroatoms. The van der Waals surface area contributed by atoms with Crippen molar-refractivity contribution in [3.63, 3.8) is 0 Å². The predicted molar refractivity (Wildman–Crippen MR) is 54.2 cm³/mol. The van der Waals surface area contributed by atoms with Crippen molar-refractivity contribution in [2.45, 2.75) is 45.6 Å². The van der Waals surface area contributed by atoms with Crippen LogP contribution >= 0.6 is 0 Å². The van der Waals surface area contributed by atoms with Crippen LogP contribution in [0.4, 0.5) is 0 Å². The normalized spacial score (nSPS) is 17.9. The largest absolute Gasteiger partial charge is 0.314 e. The SMILES string of the molecule is CC(C)CC=CCCNC1CC1. The fourth-order valence-corrected chi connectivity index (χ4v) is 1.14. The van der Waals surface area contributed by atoms with Crippen LogP contribution < -0.4 is 5.32 Å². The Hall–Kier alpha value is -0.300. The lowest BCUT2D eigenvalue weighted by Gasteiger charge is -1.98. The molecule has 1 N–H and O–H groups in total. The molecule has 1 rings (SSSR count). The summed E-state index contributed by atoms with van der Waals surface area (Å²) in [4.78, 5) is 0. The van der Waals surface area contributed by atoms with Crippen LogP contribution in [0.2, 0.25) is 0 Å². The van der Waals surface area contributed by atoms with E-state index < -0.39 is 0 Å². The summed E-state index contributed by atoms with van der Waals surface area (Å²) in [6.45, 7) is 5.68. The smallest absolute Gasteiger partial charge is 0.00683 e. The lowest BCUT2D eigenvalue weighted by molar-refractivity contribution is 0.657. The van der Waals surface area contributed by atoms with Gasteiger partial charge in [-0.3, -0.25) is 0 Å². The molecule has 1 saturated carbocycles. The van der Waals surface area contributed by atoms with Crippen molar-refractivity contribution >= 4 is 0 Å². The fourth-order valence-electron chi connectivity index (χ4n) is 1.14. The van der Waals surface area contributed by atoms with Crippen LogP contribution in [0.25, 0.3) is 0 Å². The van der Waals surface area contributed by atoms with Gasteiger partial charge < -0.3 is 5.32 Å². The molecule has 0 aromatic rings. The zero-order chi connectivity index (χ0) is 8.81. The van der Waals surface area contributed by atoms with Crippen molar-refractivity contribution in [2.24, 2.45) is 5.92 Å². The molecule has 0 saturated heterocycles. The van der Waals surface area contributed by atoms with Gasteiger partial charge in [0.15, 0.2) is 0 Å². The molecule has 0 aliphatic heterocycles. The third-order valence-electron chi connectivity index (χ3n) is 2.10. The zero-order valence-electron chi connectivity index (χ0n) is 8.34. The van der Waals surface area contributed by atoms with E-state index in [1.165, 1.54) is 32.2 Å². The highest BCUT2D eigenvalue weighted by Gasteiger charge is 2.19. The average molecular weight is 167 g/mol. The summed E-state index contributed by atoms with van der Waals surface area (Å²) in [5.41, 5.74) is 0. The van der Waals surface area contributed by atoms with Gasteiger partial charge in [-0.15, -0.1) is 0 Å². The Kier molecular flexibility index (Phi) is 4.37. The molecule has 0 radical (unpaired) electrons. The van der Waals surface area contributed by atoms with Crippen LogP contribution in [0.15, 0.2) is 12.2 Å². The van der Waals surface area contributed by atoms with E-state index in [4.69, 9.17) is 0 Å². The first-order chi connectivity index (χ1) is 5.79. The van der Waals surface area contributed by atoms with Crippen molar-refractivity contribution < 1.29 is 0 Å². The molecule has 0 bridgehead atoms. The Bertz CT molecular complexity index is 134. The third-order valence-corrected chi connectivity index (χ3v) is 2.10.